The molecule has 0 radical (unpaired) electrons. The fourth-order valence-corrected chi connectivity index (χ4v) is 1.84. The van der Waals surface area contributed by atoms with Crippen LogP contribution in [0.1, 0.15) is 23.2 Å². The summed E-state index contributed by atoms with van der Waals surface area (Å²) in [4.78, 5) is 0. The first-order valence-corrected chi connectivity index (χ1v) is 6.18. The zero-order valence-electron chi connectivity index (χ0n) is 11.4. The van der Waals surface area contributed by atoms with Crippen molar-refractivity contribution in [2.75, 3.05) is 13.7 Å². The van der Waals surface area contributed by atoms with Crippen LogP contribution in [0, 0.1) is 18.3 Å². The van der Waals surface area contributed by atoms with E-state index in [0.717, 1.165) is 5.76 Å². The normalized spacial score (nSPS) is 11.7. The van der Waals surface area contributed by atoms with Crippen molar-refractivity contribution in [1.29, 1.82) is 5.26 Å². The Labute approximate surface area is 117 Å². The van der Waals surface area contributed by atoms with Crippen LogP contribution < -0.4 is 15.2 Å². The minimum atomic E-state index is -0.401. The van der Waals surface area contributed by atoms with E-state index in [0.29, 0.717) is 22.8 Å². The van der Waals surface area contributed by atoms with Gasteiger partial charge in [-0.3, -0.25) is 0 Å². The second kappa shape index (κ2) is 6.13. The molecule has 104 valence electrons. The van der Waals surface area contributed by atoms with Crippen LogP contribution in [0.5, 0.6) is 11.5 Å². The summed E-state index contributed by atoms with van der Waals surface area (Å²) < 4.78 is 16.5. The zero-order chi connectivity index (χ0) is 14.5. The Morgan fingerprint density at radius 1 is 1.30 bits per heavy atom. The first-order valence-electron chi connectivity index (χ1n) is 6.18. The summed E-state index contributed by atoms with van der Waals surface area (Å²) in [5, 5.41) is 8.99. The molecule has 5 heteroatoms. The van der Waals surface area contributed by atoms with Gasteiger partial charge < -0.3 is 19.6 Å². The van der Waals surface area contributed by atoms with Crippen molar-refractivity contribution in [3.05, 3.63) is 47.4 Å². The average Bonchev–Trinajstić information content (AvgIpc) is 2.90. The Hall–Kier alpha value is -2.45. The van der Waals surface area contributed by atoms with Crippen LogP contribution in [-0.2, 0) is 0 Å². The number of ether oxygens (including phenoxy) is 2. The number of nitrogens with zero attached hydrogens (tertiary/aromatic N) is 1. The van der Waals surface area contributed by atoms with Gasteiger partial charge in [-0.25, -0.2) is 0 Å². The van der Waals surface area contributed by atoms with Gasteiger partial charge in [-0.15, -0.1) is 0 Å². The van der Waals surface area contributed by atoms with Crippen molar-refractivity contribution in [2.24, 2.45) is 5.73 Å². The van der Waals surface area contributed by atoms with Crippen LogP contribution in [0.3, 0.4) is 0 Å². The summed E-state index contributed by atoms with van der Waals surface area (Å²) in [6.45, 7) is 2.13. The summed E-state index contributed by atoms with van der Waals surface area (Å²) >= 11 is 0. The monoisotopic (exact) mass is 272 g/mol. The van der Waals surface area contributed by atoms with E-state index < -0.39 is 6.10 Å². The number of rotatable bonds is 5. The number of methoxy groups -OCH3 is 1. The summed E-state index contributed by atoms with van der Waals surface area (Å²) in [6.07, 6.45) is -0.401. The summed E-state index contributed by atoms with van der Waals surface area (Å²) in [7, 11) is 1.54. The molecule has 2 rings (SSSR count). The van der Waals surface area contributed by atoms with Crippen molar-refractivity contribution >= 4 is 0 Å². The maximum absolute atomic E-state index is 8.99. The van der Waals surface area contributed by atoms with Gasteiger partial charge in [0, 0.05) is 12.6 Å². The van der Waals surface area contributed by atoms with Crippen LogP contribution in [0.4, 0.5) is 0 Å². The van der Waals surface area contributed by atoms with E-state index in [-0.39, 0.29) is 6.54 Å². The van der Waals surface area contributed by atoms with E-state index in [4.69, 9.17) is 24.9 Å². The summed E-state index contributed by atoms with van der Waals surface area (Å²) in [5.41, 5.74) is 6.19. The second-order valence-corrected chi connectivity index (χ2v) is 4.30. The molecule has 0 aliphatic heterocycles. The molecule has 2 aromatic rings. The van der Waals surface area contributed by atoms with Crippen molar-refractivity contribution in [3.63, 3.8) is 0 Å². The summed E-state index contributed by atoms with van der Waals surface area (Å²) in [6, 6.07) is 10.7. The van der Waals surface area contributed by atoms with Gasteiger partial charge in [0.25, 0.3) is 0 Å². The molecule has 2 N–H and O–H groups in total. The molecule has 0 saturated heterocycles. The lowest BCUT2D eigenvalue weighted by Gasteiger charge is -2.16. The number of nitrogens with two attached hydrogens (primary N) is 1. The van der Waals surface area contributed by atoms with E-state index in [1.165, 1.54) is 7.11 Å². The number of aryl methyl sites for hydroxylation is 1. The molecule has 1 atom stereocenters. The predicted molar refractivity (Wildman–Crippen MR) is 73.6 cm³/mol. The standard InChI is InChI=1S/C15H16N2O3/c1-10-3-4-14(19-10)15(9-17)20-13-6-11(8-16)5-12(7-13)18-2/h3-7,15H,9,17H2,1-2H3. The summed E-state index contributed by atoms with van der Waals surface area (Å²) in [5.74, 6) is 2.53. The minimum absolute atomic E-state index is 0.270. The molecule has 1 unspecified atom stereocenters. The molecule has 0 amide bonds. The van der Waals surface area contributed by atoms with Gasteiger partial charge in [0.15, 0.2) is 6.10 Å². The van der Waals surface area contributed by atoms with Crippen LogP contribution in [-0.4, -0.2) is 13.7 Å². The lowest BCUT2D eigenvalue weighted by atomic mass is 10.2. The third-order valence-electron chi connectivity index (χ3n) is 2.82. The van der Waals surface area contributed by atoms with Crippen LogP contribution in [0.2, 0.25) is 0 Å². The SMILES string of the molecule is COc1cc(C#N)cc(OC(CN)c2ccc(C)o2)c1. The smallest absolute Gasteiger partial charge is 0.168 e. The molecule has 0 aliphatic carbocycles. The van der Waals surface area contributed by atoms with Crippen molar-refractivity contribution in [1.82, 2.24) is 0 Å². The fourth-order valence-electron chi connectivity index (χ4n) is 1.84. The van der Waals surface area contributed by atoms with Gasteiger partial charge in [-0.1, -0.05) is 0 Å². The van der Waals surface area contributed by atoms with Crippen molar-refractivity contribution in [2.45, 2.75) is 13.0 Å². The van der Waals surface area contributed by atoms with Gasteiger partial charge in [-0.05, 0) is 31.2 Å². The molecule has 0 bridgehead atoms. The Morgan fingerprint density at radius 2 is 2.05 bits per heavy atom. The molecular formula is C15H16N2O3. The van der Waals surface area contributed by atoms with Crippen LogP contribution in [0.15, 0.2) is 34.7 Å². The van der Waals surface area contributed by atoms with Crippen molar-refractivity contribution < 1.29 is 13.9 Å². The van der Waals surface area contributed by atoms with Gasteiger partial charge >= 0.3 is 0 Å². The lowest BCUT2D eigenvalue weighted by Crippen LogP contribution is -2.18. The lowest BCUT2D eigenvalue weighted by molar-refractivity contribution is 0.182. The van der Waals surface area contributed by atoms with Crippen molar-refractivity contribution in [3.8, 4) is 17.6 Å². The number of benzene rings is 1. The fraction of sp³-hybridized carbons (Fsp3) is 0.267. The third kappa shape index (κ3) is 3.11. The first-order chi connectivity index (χ1) is 9.66. The Kier molecular flexibility index (Phi) is 4.28. The van der Waals surface area contributed by atoms with Crippen LogP contribution in [0.25, 0.3) is 0 Å². The molecule has 0 saturated carbocycles. The number of hydrogen-bond donors (Lipinski definition) is 1. The van der Waals surface area contributed by atoms with E-state index in [1.54, 1.807) is 18.2 Å². The van der Waals surface area contributed by atoms with E-state index >= 15 is 0 Å². The van der Waals surface area contributed by atoms with Gasteiger partial charge in [-0.2, -0.15) is 5.26 Å². The zero-order valence-corrected chi connectivity index (χ0v) is 11.4. The predicted octanol–water partition coefficient (Wildman–Crippen LogP) is 2.55. The molecule has 20 heavy (non-hydrogen) atoms. The number of furan rings is 1. The van der Waals surface area contributed by atoms with E-state index in [2.05, 4.69) is 6.07 Å². The molecule has 1 heterocycles. The molecule has 0 aliphatic rings. The highest BCUT2D eigenvalue weighted by atomic mass is 16.5. The highest BCUT2D eigenvalue weighted by molar-refractivity contribution is 5.44. The first kappa shape index (κ1) is 14.0. The molecule has 0 fully saturated rings. The molecule has 0 spiro atoms. The maximum Gasteiger partial charge on any atom is 0.168 e. The maximum atomic E-state index is 8.99. The van der Waals surface area contributed by atoms with Gasteiger partial charge in [0.1, 0.15) is 23.0 Å². The number of hydrogen-bond acceptors (Lipinski definition) is 5. The quantitative estimate of drug-likeness (QED) is 0.904. The largest absolute Gasteiger partial charge is 0.497 e. The molecule has 1 aromatic carbocycles. The highest BCUT2D eigenvalue weighted by Gasteiger charge is 2.16. The second-order valence-electron chi connectivity index (χ2n) is 4.30. The topological polar surface area (TPSA) is 81.4 Å². The molecule has 5 nitrogen and oxygen atoms in total. The van der Waals surface area contributed by atoms with Gasteiger partial charge in [0.2, 0.25) is 0 Å². The Balaban J connectivity index is 2.25. The van der Waals surface area contributed by atoms with Crippen LogP contribution >= 0.6 is 0 Å². The molecule has 1 aromatic heterocycles. The average molecular weight is 272 g/mol. The minimum Gasteiger partial charge on any atom is -0.497 e. The highest BCUT2D eigenvalue weighted by Crippen LogP contribution is 2.27. The Morgan fingerprint density at radius 3 is 2.60 bits per heavy atom. The Bertz CT molecular complexity index is 628. The number of nitriles is 1. The third-order valence-corrected chi connectivity index (χ3v) is 2.82. The van der Waals surface area contributed by atoms with E-state index in [9.17, 15) is 0 Å². The van der Waals surface area contributed by atoms with E-state index in [1.807, 2.05) is 19.1 Å². The molecular weight excluding hydrogens is 256 g/mol. The van der Waals surface area contributed by atoms with Gasteiger partial charge in [0.05, 0.1) is 18.7 Å².